The quantitative estimate of drug-likeness (QED) is 0.692. The summed E-state index contributed by atoms with van der Waals surface area (Å²) in [4.78, 5) is 12.6. The van der Waals surface area contributed by atoms with E-state index in [1.807, 2.05) is 6.07 Å². The Hall–Kier alpha value is -2.01. The van der Waals surface area contributed by atoms with Crippen molar-refractivity contribution in [3.8, 4) is 0 Å². The normalized spacial score (nSPS) is 17.1. The third kappa shape index (κ3) is 2.32. The topological polar surface area (TPSA) is 61.1 Å². The van der Waals surface area contributed by atoms with Crippen LogP contribution in [0.2, 0.25) is 0 Å². The SMILES string of the molecule is C=CCN=C1CN(O)C=c2ncccc2=N1. The van der Waals surface area contributed by atoms with Crippen LogP contribution in [-0.4, -0.2) is 34.2 Å². The minimum Gasteiger partial charge on any atom is -0.288 e. The molecule has 0 aliphatic carbocycles. The third-order valence-corrected chi connectivity index (χ3v) is 2.04. The molecule has 16 heavy (non-hydrogen) atoms. The van der Waals surface area contributed by atoms with Crippen molar-refractivity contribution < 1.29 is 5.21 Å². The number of hydrogen-bond acceptors (Lipinski definition) is 4. The van der Waals surface area contributed by atoms with Crippen molar-refractivity contribution in [2.24, 2.45) is 9.98 Å². The first kappa shape index (κ1) is 10.5. The fourth-order valence-electron chi connectivity index (χ4n) is 1.36. The number of rotatable bonds is 2. The van der Waals surface area contributed by atoms with Gasteiger partial charge in [-0.2, -0.15) is 0 Å². The Kier molecular flexibility index (Phi) is 3.07. The molecule has 0 amide bonds. The zero-order valence-corrected chi connectivity index (χ0v) is 8.74. The number of fused-ring (bicyclic) bond motifs is 1. The summed E-state index contributed by atoms with van der Waals surface area (Å²) in [7, 11) is 0. The summed E-state index contributed by atoms with van der Waals surface area (Å²) in [6.45, 7) is 4.33. The number of pyridine rings is 1. The molecule has 2 heterocycles. The molecular weight excluding hydrogens is 204 g/mol. The summed E-state index contributed by atoms with van der Waals surface area (Å²) < 4.78 is 0. The van der Waals surface area contributed by atoms with Gasteiger partial charge in [0.1, 0.15) is 17.7 Å². The van der Waals surface area contributed by atoms with Crippen molar-refractivity contribution in [3.05, 3.63) is 41.7 Å². The molecule has 0 radical (unpaired) electrons. The number of nitrogens with zero attached hydrogens (tertiary/aromatic N) is 4. The van der Waals surface area contributed by atoms with Crippen molar-refractivity contribution in [2.45, 2.75) is 0 Å². The molecular formula is C11H12N4O. The van der Waals surface area contributed by atoms with Gasteiger partial charge in [0.05, 0.1) is 18.1 Å². The number of amidine groups is 1. The minimum absolute atomic E-state index is 0.254. The van der Waals surface area contributed by atoms with Gasteiger partial charge in [-0.25, -0.2) is 4.99 Å². The van der Waals surface area contributed by atoms with E-state index >= 15 is 0 Å². The lowest BCUT2D eigenvalue weighted by Gasteiger charge is -2.08. The molecule has 2 rings (SSSR count). The van der Waals surface area contributed by atoms with Crippen LogP contribution in [0, 0.1) is 0 Å². The van der Waals surface area contributed by atoms with E-state index in [0.29, 0.717) is 23.1 Å². The maximum atomic E-state index is 9.58. The number of aliphatic imine (C=N–C) groups is 1. The van der Waals surface area contributed by atoms with Crippen LogP contribution in [0.25, 0.3) is 6.20 Å². The van der Waals surface area contributed by atoms with Crippen LogP contribution in [0.15, 0.2) is 41.0 Å². The summed E-state index contributed by atoms with van der Waals surface area (Å²) in [6, 6.07) is 3.63. The summed E-state index contributed by atoms with van der Waals surface area (Å²) in [6.07, 6.45) is 4.88. The van der Waals surface area contributed by atoms with Crippen molar-refractivity contribution in [3.63, 3.8) is 0 Å². The molecule has 1 aliphatic heterocycles. The smallest absolute Gasteiger partial charge is 0.146 e. The van der Waals surface area contributed by atoms with Crippen LogP contribution < -0.4 is 10.7 Å². The van der Waals surface area contributed by atoms with Crippen LogP contribution in [0.1, 0.15) is 0 Å². The second kappa shape index (κ2) is 4.67. The minimum atomic E-state index is 0.254. The predicted octanol–water partition coefficient (Wildman–Crippen LogP) is -0.272. The van der Waals surface area contributed by atoms with E-state index in [-0.39, 0.29) is 6.54 Å². The van der Waals surface area contributed by atoms with Crippen molar-refractivity contribution in [1.82, 2.24) is 10.0 Å². The second-order valence-corrected chi connectivity index (χ2v) is 3.29. The molecule has 0 fully saturated rings. The highest BCUT2D eigenvalue weighted by Crippen LogP contribution is 1.91. The van der Waals surface area contributed by atoms with Crippen molar-refractivity contribution >= 4 is 12.0 Å². The van der Waals surface area contributed by atoms with E-state index in [2.05, 4.69) is 21.5 Å². The maximum absolute atomic E-state index is 9.58. The molecule has 0 spiro atoms. The van der Waals surface area contributed by atoms with Crippen LogP contribution in [-0.2, 0) is 0 Å². The summed E-state index contributed by atoms with van der Waals surface area (Å²) in [5.74, 6) is 0.561. The van der Waals surface area contributed by atoms with Gasteiger partial charge < -0.3 is 0 Å². The van der Waals surface area contributed by atoms with Crippen LogP contribution >= 0.6 is 0 Å². The van der Waals surface area contributed by atoms with Crippen molar-refractivity contribution in [1.29, 1.82) is 0 Å². The van der Waals surface area contributed by atoms with Gasteiger partial charge in [-0.3, -0.25) is 20.2 Å². The molecule has 0 bridgehead atoms. The Morgan fingerprint density at radius 1 is 1.62 bits per heavy atom. The first-order chi connectivity index (χ1) is 7.79. The largest absolute Gasteiger partial charge is 0.288 e. The highest BCUT2D eigenvalue weighted by Gasteiger charge is 2.06. The second-order valence-electron chi connectivity index (χ2n) is 3.29. The molecule has 5 heteroatoms. The Bertz CT molecular complexity index is 535. The Morgan fingerprint density at radius 3 is 3.31 bits per heavy atom. The molecule has 82 valence electrons. The van der Waals surface area contributed by atoms with E-state index in [0.717, 1.165) is 5.06 Å². The van der Waals surface area contributed by atoms with E-state index < -0.39 is 0 Å². The maximum Gasteiger partial charge on any atom is 0.146 e. The molecule has 0 saturated heterocycles. The number of aromatic nitrogens is 1. The molecule has 5 nitrogen and oxygen atoms in total. The fraction of sp³-hybridized carbons (Fsp3) is 0.182. The standard InChI is InChI=1S/C11H12N4O/c1-2-5-13-11-8-15(16)7-10-9(14-11)4-3-6-12-10/h2-4,6-7,16H,1,5,8H2. The lowest BCUT2D eigenvalue weighted by Crippen LogP contribution is -2.28. The van der Waals surface area contributed by atoms with Gasteiger partial charge in [-0.1, -0.05) is 6.08 Å². The molecule has 0 atom stereocenters. The van der Waals surface area contributed by atoms with E-state index in [1.165, 1.54) is 6.20 Å². The average molecular weight is 216 g/mol. The van der Waals surface area contributed by atoms with Gasteiger partial charge in [0.25, 0.3) is 0 Å². The highest BCUT2D eigenvalue weighted by atomic mass is 16.5. The van der Waals surface area contributed by atoms with Crippen LogP contribution in [0.5, 0.6) is 0 Å². The van der Waals surface area contributed by atoms with Gasteiger partial charge in [-0.15, -0.1) is 6.58 Å². The van der Waals surface area contributed by atoms with E-state index in [1.54, 1.807) is 18.3 Å². The summed E-state index contributed by atoms with van der Waals surface area (Å²) in [5, 5.41) is 12.0. The summed E-state index contributed by atoms with van der Waals surface area (Å²) in [5.41, 5.74) is 0. The van der Waals surface area contributed by atoms with Gasteiger partial charge in [0.2, 0.25) is 0 Å². The predicted molar refractivity (Wildman–Crippen MR) is 60.5 cm³/mol. The molecule has 1 aromatic rings. The average Bonchev–Trinajstić information content (AvgIpc) is 2.43. The van der Waals surface area contributed by atoms with Gasteiger partial charge in [0, 0.05) is 6.20 Å². The molecule has 0 saturated carbocycles. The van der Waals surface area contributed by atoms with E-state index in [9.17, 15) is 5.21 Å². The van der Waals surface area contributed by atoms with Crippen LogP contribution in [0.3, 0.4) is 0 Å². The zero-order valence-electron chi connectivity index (χ0n) is 8.74. The lowest BCUT2D eigenvalue weighted by molar-refractivity contribution is -0.00448. The van der Waals surface area contributed by atoms with Gasteiger partial charge >= 0.3 is 0 Å². The first-order valence-electron chi connectivity index (χ1n) is 4.91. The molecule has 1 N–H and O–H groups in total. The van der Waals surface area contributed by atoms with Gasteiger partial charge in [-0.05, 0) is 12.1 Å². The van der Waals surface area contributed by atoms with Gasteiger partial charge in [0.15, 0.2) is 0 Å². The molecule has 1 aromatic heterocycles. The molecule has 1 aliphatic rings. The highest BCUT2D eigenvalue weighted by molar-refractivity contribution is 5.85. The lowest BCUT2D eigenvalue weighted by atomic mass is 10.4. The molecule has 0 unspecified atom stereocenters. The Morgan fingerprint density at radius 2 is 2.50 bits per heavy atom. The van der Waals surface area contributed by atoms with Crippen LogP contribution in [0.4, 0.5) is 0 Å². The number of hydrogen-bond donors (Lipinski definition) is 1. The fourth-order valence-corrected chi connectivity index (χ4v) is 1.36. The first-order valence-corrected chi connectivity index (χ1v) is 4.91. The zero-order chi connectivity index (χ0) is 11.4. The Labute approximate surface area is 92.8 Å². The summed E-state index contributed by atoms with van der Waals surface area (Å²) >= 11 is 0. The third-order valence-electron chi connectivity index (χ3n) is 2.04. The van der Waals surface area contributed by atoms with E-state index in [4.69, 9.17) is 0 Å². The Balaban J connectivity index is 2.53. The van der Waals surface area contributed by atoms with Crippen molar-refractivity contribution in [2.75, 3.05) is 13.1 Å². The number of hydroxylamine groups is 2. The molecule has 0 aromatic carbocycles. The monoisotopic (exact) mass is 216 g/mol.